The Morgan fingerprint density at radius 3 is 2.47 bits per heavy atom. The van der Waals surface area contributed by atoms with E-state index >= 15 is 0 Å². The van der Waals surface area contributed by atoms with Crippen LogP contribution in [0.4, 0.5) is 4.39 Å². The second-order valence-electron chi connectivity index (χ2n) is 5.01. The van der Waals surface area contributed by atoms with Crippen LogP contribution >= 0.6 is 11.6 Å². The zero-order chi connectivity index (χ0) is 14.2. The van der Waals surface area contributed by atoms with Gasteiger partial charge in [-0.05, 0) is 18.1 Å². The highest BCUT2D eigenvalue weighted by molar-refractivity contribution is 6.33. The van der Waals surface area contributed by atoms with E-state index in [4.69, 9.17) is 11.6 Å². The maximum absolute atomic E-state index is 13.0. The Labute approximate surface area is 116 Å². The molecule has 1 amide bonds. The van der Waals surface area contributed by atoms with Crippen molar-refractivity contribution in [2.75, 3.05) is 6.54 Å². The van der Waals surface area contributed by atoms with E-state index in [9.17, 15) is 14.3 Å². The van der Waals surface area contributed by atoms with Gasteiger partial charge in [0, 0.05) is 18.2 Å². The van der Waals surface area contributed by atoms with Crippen molar-refractivity contribution in [3.8, 4) is 0 Å². The normalized spacial score (nSPS) is 23.2. The summed E-state index contributed by atoms with van der Waals surface area (Å²) in [4.78, 5) is 13.2. The van der Waals surface area contributed by atoms with Gasteiger partial charge in [0.25, 0.3) is 5.91 Å². The van der Waals surface area contributed by atoms with Gasteiger partial charge in [0.05, 0.1) is 5.03 Å². The van der Waals surface area contributed by atoms with Gasteiger partial charge in [0.2, 0.25) is 5.72 Å². The van der Waals surface area contributed by atoms with E-state index in [-0.39, 0.29) is 16.9 Å². The second kappa shape index (κ2) is 4.94. The van der Waals surface area contributed by atoms with Gasteiger partial charge < -0.3 is 10.0 Å². The lowest BCUT2D eigenvalue weighted by Gasteiger charge is -2.36. The molecular weight excluding hydrogens is 269 g/mol. The number of benzene rings is 1. The molecule has 1 aliphatic heterocycles. The molecular formula is C14H15ClFNO2. The predicted octanol–water partition coefficient (Wildman–Crippen LogP) is 2.59. The fraction of sp³-hybridized carbons (Fsp3) is 0.357. The zero-order valence-electron chi connectivity index (χ0n) is 10.7. The van der Waals surface area contributed by atoms with Crippen LogP contribution in [0.25, 0.3) is 0 Å². The molecule has 19 heavy (non-hydrogen) atoms. The number of rotatable bonds is 3. The first-order valence-corrected chi connectivity index (χ1v) is 6.41. The first-order valence-electron chi connectivity index (χ1n) is 6.03. The highest BCUT2D eigenvalue weighted by Crippen LogP contribution is 2.40. The summed E-state index contributed by atoms with van der Waals surface area (Å²) in [7, 11) is 0. The fourth-order valence-corrected chi connectivity index (χ4v) is 2.44. The molecule has 0 spiro atoms. The first kappa shape index (κ1) is 14.0. The second-order valence-corrected chi connectivity index (χ2v) is 5.42. The Morgan fingerprint density at radius 1 is 1.37 bits per heavy atom. The van der Waals surface area contributed by atoms with E-state index in [0.717, 1.165) is 0 Å². The van der Waals surface area contributed by atoms with E-state index in [1.807, 2.05) is 13.8 Å². The van der Waals surface area contributed by atoms with Crippen molar-refractivity contribution in [2.24, 2.45) is 5.92 Å². The summed E-state index contributed by atoms with van der Waals surface area (Å²) >= 11 is 6.02. The number of amides is 1. The Bertz CT molecular complexity index is 527. The van der Waals surface area contributed by atoms with Crippen molar-refractivity contribution in [1.82, 2.24) is 4.90 Å². The van der Waals surface area contributed by atoms with Crippen LogP contribution in [0.15, 0.2) is 35.4 Å². The summed E-state index contributed by atoms with van der Waals surface area (Å²) in [5.74, 6) is -0.579. The van der Waals surface area contributed by atoms with Crippen LogP contribution in [0.1, 0.15) is 19.4 Å². The monoisotopic (exact) mass is 283 g/mol. The third kappa shape index (κ3) is 2.38. The van der Waals surface area contributed by atoms with Crippen molar-refractivity contribution < 1.29 is 14.3 Å². The topological polar surface area (TPSA) is 40.5 Å². The molecule has 1 heterocycles. The molecule has 0 saturated heterocycles. The van der Waals surface area contributed by atoms with Crippen LogP contribution in [0.2, 0.25) is 0 Å². The van der Waals surface area contributed by atoms with Crippen molar-refractivity contribution in [3.05, 3.63) is 46.8 Å². The van der Waals surface area contributed by atoms with E-state index in [0.29, 0.717) is 12.1 Å². The van der Waals surface area contributed by atoms with Gasteiger partial charge in [0.1, 0.15) is 5.82 Å². The van der Waals surface area contributed by atoms with E-state index in [1.165, 1.54) is 35.2 Å². The quantitative estimate of drug-likeness (QED) is 0.926. The minimum atomic E-state index is -1.70. The van der Waals surface area contributed by atoms with Crippen LogP contribution in [0.3, 0.4) is 0 Å². The molecule has 0 radical (unpaired) electrons. The van der Waals surface area contributed by atoms with Gasteiger partial charge in [0.15, 0.2) is 0 Å². The third-order valence-corrected chi connectivity index (χ3v) is 3.41. The number of nitrogens with zero attached hydrogens (tertiary/aromatic N) is 1. The number of halogens is 2. The SMILES string of the molecule is CC(C)CN1C(=O)C=C(Cl)C1(O)c1ccc(F)cc1. The molecule has 0 saturated carbocycles. The maximum atomic E-state index is 13.0. The van der Waals surface area contributed by atoms with E-state index < -0.39 is 11.5 Å². The van der Waals surface area contributed by atoms with Gasteiger partial charge in [-0.15, -0.1) is 0 Å². The van der Waals surface area contributed by atoms with Gasteiger partial charge in [-0.2, -0.15) is 0 Å². The fourth-order valence-electron chi connectivity index (χ4n) is 2.14. The Morgan fingerprint density at radius 2 is 1.95 bits per heavy atom. The van der Waals surface area contributed by atoms with Crippen LogP contribution in [0, 0.1) is 11.7 Å². The zero-order valence-corrected chi connectivity index (χ0v) is 11.5. The van der Waals surface area contributed by atoms with Crippen LogP contribution in [-0.2, 0) is 10.5 Å². The summed E-state index contributed by atoms with van der Waals surface area (Å²) in [5.41, 5.74) is -1.32. The maximum Gasteiger partial charge on any atom is 0.250 e. The van der Waals surface area contributed by atoms with Crippen LogP contribution in [-0.4, -0.2) is 22.5 Å². The van der Waals surface area contributed by atoms with Gasteiger partial charge in [-0.3, -0.25) is 4.79 Å². The average Bonchev–Trinajstić information content (AvgIpc) is 2.54. The lowest BCUT2D eigenvalue weighted by Crippen LogP contribution is -2.46. The predicted molar refractivity (Wildman–Crippen MR) is 70.8 cm³/mol. The number of aliphatic hydroxyl groups is 1. The molecule has 0 aromatic heterocycles. The molecule has 1 aromatic rings. The largest absolute Gasteiger partial charge is 0.362 e. The molecule has 5 heteroatoms. The van der Waals surface area contributed by atoms with E-state index in [1.54, 1.807) is 0 Å². The minimum absolute atomic E-state index is 0.0322. The molecule has 1 unspecified atom stereocenters. The first-order chi connectivity index (χ1) is 8.85. The Balaban J connectivity index is 2.45. The summed E-state index contributed by atoms with van der Waals surface area (Å²) in [6.45, 7) is 4.23. The lowest BCUT2D eigenvalue weighted by atomic mass is 10.0. The summed E-state index contributed by atoms with van der Waals surface area (Å²) in [5, 5.41) is 10.8. The number of hydrogen-bond donors (Lipinski definition) is 1. The van der Waals surface area contributed by atoms with Gasteiger partial charge >= 0.3 is 0 Å². The van der Waals surface area contributed by atoms with Crippen molar-refractivity contribution in [2.45, 2.75) is 19.6 Å². The number of hydrogen-bond acceptors (Lipinski definition) is 2. The number of carbonyl (C=O) groups is 1. The summed E-state index contributed by atoms with van der Waals surface area (Å²) in [6.07, 6.45) is 1.20. The standard InChI is InChI=1S/C14H15ClFNO2/c1-9(2)8-17-13(18)7-12(15)14(17,19)10-3-5-11(16)6-4-10/h3-7,9,19H,8H2,1-2H3. The molecule has 3 nitrogen and oxygen atoms in total. The average molecular weight is 284 g/mol. The Kier molecular flexibility index (Phi) is 3.65. The van der Waals surface area contributed by atoms with Crippen molar-refractivity contribution >= 4 is 17.5 Å². The highest BCUT2D eigenvalue weighted by Gasteiger charge is 2.47. The molecule has 0 bridgehead atoms. The van der Waals surface area contributed by atoms with Crippen LogP contribution in [0.5, 0.6) is 0 Å². The van der Waals surface area contributed by atoms with Gasteiger partial charge in [-0.25, -0.2) is 4.39 Å². The van der Waals surface area contributed by atoms with Gasteiger partial charge in [-0.1, -0.05) is 37.6 Å². The third-order valence-electron chi connectivity index (χ3n) is 3.03. The molecule has 2 rings (SSSR count). The molecule has 1 atom stereocenters. The molecule has 102 valence electrons. The molecule has 1 N–H and O–H groups in total. The van der Waals surface area contributed by atoms with Crippen molar-refractivity contribution in [3.63, 3.8) is 0 Å². The molecule has 1 aromatic carbocycles. The van der Waals surface area contributed by atoms with Crippen molar-refractivity contribution in [1.29, 1.82) is 0 Å². The lowest BCUT2D eigenvalue weighted by molar-refractivity contribution is -0.144. The Hall–Kier alpha value is -1.39. The van der Waals surface area contributed by atoms with Crippen LogP contribution < -0.4 is 0 Å². The van der Waals surface area contributed by atoms with E-state index in [2.05, 4.69) is 0 Å². The molecule has 0 fully saturated rings. The number of carbonyl (C=O) groups excluding carboxylic acids is 1. The summed E-state index contributed by atoms with van der Waals surface area (Å²) in [6, 6.07) is 5.32. The minimum Gasteiger partial charge on any atom is -0.362 e. The molecule has 0 aliphatic carbocycles. The highest BCUT2D eigenvalue weighted by atomic mass is 35.5. The summed E-state index contributed by atoms with van der Waals surface area (Å²) < 4.78 is 13.0. The molecule has 1 aliphatic rings. The smallest absolute Gasteiger partial charge is 0.250 e.